The molecule has 0 atom stereocenters. The normalized spacial score (nSPS) is 14.5. The van der Waals surface area contributed by atoms with Gasteiger partial charge in [-0.2, -0.15) is 0 Å². The Labute approximate surface area is 170 Å². The van der Waals surface area contributed by atoms with E-state index in [1.807, 2.05) is 35.2 Å². The topological polar surface area (TPSA) is 58.6 Å². The summed E-state index contributed by atoms with van der Waals surface area (Å²) in [6.07, 6.45) is 2.64. The Bertz CT molecular complexity index is 789. The van der Waals surface area contributed by atoms with E-state index in [-0.39, 0.29) is 17.9 Å². The van der Waals surface area contributed by atoms with Crippen LogP contribution in [0.3, 0.4) is 0 Å². The van der Waals surface area contributed by atoms with E-state index in [1.54, 1.807) is 24.3 Å². The Morgan fingerprint density at radius 2 is 1.82 bits per heavy atom. The van der Waals surface area contributed by atoms with Gasteiger partial charge in [0.25, 0.3) is 5.91 Å². The van der Waals surface area contributed by atoms with Gasteiger partial charge in [-0.25, -0.2) is 0 Å². The van der Waals surface area contributed by atoms with Crippen molar-refractivity contribution in [1.82, 2.24) is 10.2 Å². The number of nitrogens with one attached hydrogen (secondary N) is 1. The molecule has 1 heterocycles. The molecule has 2 amide bonds. The molecule has 2 aromatic carbocycles. The summed E-state index contributed by atoms with van der Waals surface area (Å²) in [7, 11) is 0. The Morgan fingerprint density at radius 3 is 2.54 bits per heavy atom. The Balaban J connectivity index is 1.34. The molecule has 5 nitrogen and oxygen atoms in total. The van der Waals surface area contributed by atoms with Crippen LogP contribution in [0, 0.1) is 0 Å². The van der Waals surface area contributed by atoms with Crippen LogP contribution < -0.4 is 10.1 Å². The first-order valence-electron chi connectivity index (χ1n) is 9.64. The molecule has 28 heavy (non-hydrogen) atoms. The van der Waals surface area contributed by atoms with Crippen molar-refractivity contribution in [2.24, 2.45) is 0 Å². The zero-order valence-corrected chi connectivity index (χ0v) is 16.5. The van der Waals surface area contributed by atoms with E-state index in [1.165, 1.54) is 0 Å². The minimum absolute atomic E-state index is 0.00895. The smallest absolute Gasteiger partial charge is 0.253 e. The number of likely N-dealkylation sites (tertiary alicyclic amines) is 1. The summed E-state index contributed by atoms with van der Waals surface area (Å²) in [4.78, 5) is 26.5. The van der Waals surface area contributed by atoms with E-state index in [2.05, 4.69) is 5.32 Å². The lowest BCUT2D eigenvalue weighted by Crippen LogP contribution is -2.46. The molecular formula is C22H25ClN2O3. The first kappa shape index (κ1) is 20.2. The van der Waals surface area contributed by atoms with Crippen LogP contribution in [-0.2, 0) is 4.79 Å². The van der Waals surface area contributed by atoms with Crippen molar-refractivity contribution >= 4 is 23.4 Å². The van der Waals surface area contributed by atoms with Gasteiger partial charge in [0, 0.05) is 36.1 Å². The van der Waals surface area contributed by atoms with Crippen molar-refractivity contribution in [2.45, 2.75) is 31.7 Å². The predicted molar refractivity (Wildman–Crippen MR) is 110 cm³/mol. The highest BCUT2D eigenvalue weighted by Crippen LogP contribution is 2.17. The number of ether oxygens (including phenoxy) is 1. The van der Waals surface area contributed by atoms with Crippen molar-refractivity contribution in [3.8, 4) is 5.75 Å². The first-order valence-corrected chi connectivity index (χ1v) is 10.0. The van der Waals surface area contributed by atoms with Crippen LogP contribution in [0.4, 0.5) is 0 Å². The van der Waals surface area contributed by atoms with Crippen LogP contribution in [0.1, 0.15) is 36.0 Å². The summed E-state index contributed by atoms with van der Waals surface area (Å²) >= 11 is 5.97. The van der Waals surface area contributed by atoms with E-state index in [9.17, 15) is 9.59 Å². The van der Waals surface area contributed by atoms with Gasteiger partial charge in [0.05, 0.1) is 6.61 Å². The van der Waals surface area contributed by atoms with Crippen molar-refractivity contribution < 1.29 is 14.3 Å². The highest BCUT2D eigenvalue weighted by Gasteiger charge is 2.24. The largest absolute Gasteiger partial charge is 0.494 e. The molecule has 1 aliphatic heterocycles. The van der Waals surface area contributed by atoms with Gasteiger partial charge < -0.3 is 15.0 Å². The number of carbonyl (C=O) groups is 2. The molecule has 0 aromatic heterocycles. The van der Waals surface area contributed by atoms with Gasteiger partial charge in [-0.05, 0) is 49.6 Å². The molecule has 0 saturated carbocycles. The average Bonchev–Trinajstić information content (AvgIpc) is 2.72. The lowest BCUT2D eigenvalue weighted by molar-refractivity contribution is -0.122. The molecule has 0 radical (unpaired) electrons. The average molecular weight is 401 g/mol. The van der Waals surface area contributed by atoms with E-state index < -0.39 is 0 Å². The first-order chi connectivity index (χ1) is 13.6. The highest BCUT2D eigenvalue weighted by molar-refractivity contribution is 6.30. The van der Waals surface area contributed by atoms with E-state index in [0.29, 0.717) is 43.1 Å². The number of nitrogens with zero attached hydrogens (tertiary/aromatic N) is 1. The lowest BCUT2D eigenvalue weighted by atomic mass is 10.0. The molecule has 0 bridgehead atoms. The Morgan fingerprint density at radius 1 is 1.07 bits per heavy atom. The standard InChI is InChI=1S/C22H25ClN2O3/c23-18-7-4-6-17(16-18)22(27)25-13-11-19(12-14-25)24-21(26)10-5-15-28-20-8-2-1-3-9-20/h1-4,6-9,16,19H,5,10-15H2,(H,24,26). The molecule has 148 valence electrons. The summed E-state index contributed by atoms with van der Waals surface area (Å²) in [6.45, 7) is 1.78. The van der Waals surface area contributed by atoms with Crippen LogP contribution in [0.15, 0.2) is 54.6 Å². The van der Waals surface area contributed by atoms with Crippen LogP contribution in [0.5, 0.6) is 5.75 Å². The van der Waals surface area contributed by atoms with Gasteiger partial charge in [0.15, 0.2) is 0 Å². The maximum atomic E-state index is 12.5. The second kappa shape index (κ2) is 10.1. The third-order valence-corrected chi connectivity index (χ3v) is 5.01. The molecule has 0 spiro atoms. The summed E-state index contributed by atoms with van der Waals surface area (Å²) in [5.41, 5.74) is 0.605. The highest BCUT2D eigenvalue weighted by atomic mass is 35.5. The fourth-order valence-corrected chi connectivity index (χ4v) is 3.46. The molecule has 1 aliphatic rings. The summed E-state index contributed by atoms with van der Waals surface area (Å²) in [5.74, 6) is 0.848. The van der Waals surface area contributed by atoms with Gasteiger partial charge in [0.2, 0.25) is 5.91 Å². The maximum Gasteiger partial charge on any atom is 0.253 e. The van der Waals surface area contributed by atoms with Crippen LogP contribution >= 0.6 is 11.6 Å². The number of amides is 2. The second-order valence-corrected chi connectivity index (χ2v) is 7.35. The lowest BCUT2D eigenvalue weighted by Gasteiger charge is -2.32. The quantitative estimate of drug-likeness (QED) is 0.716. The van der Waals surface area contributed by atoms with Crippen molar-refractivity contribution in [3.63, 3.8) is 0 Å². The zero-order chi connectivity index (χ0) is 19.8. The van der Waals surface area contributed by atoms with Gasteiger partial charge >= 0.3 is 0 Å². The minimum atomic E-state index is -0.00895. The molecular weight excluding hydrogens is 376 g/mol. The number of para-hydroxylation sites is 1. The molecule has 0 aliphatic carbocycles. The molecule has 1 fully saturated rings. The van der Waals surface area contributed by atoms with Crippen LogP contribution in [0.2, 0.25) is 5.02 Å². The summed E-state index contributed by atoms with van der Waals surface area (Å²) in [6, 6.07) is 16.7. The van der Waals surface area contributed by atoms with Gasteiger partial charge in [-0.3, -0.25) is 9.59 Å². The Kier molecular flexibility index (Phi) is 7.31. The number of hydrogen-bond acceptors (Lipinski definition) is 3. The summed E-state index contributed by atoms with van der Waals surface area (Å²) in [5, 5.41) is 3.63. The second-order valence-electron chi connectivity index (χ2n) is 6.91. The number of rotatable bonds is 7. The zero-order valence-electron chi connectivity index (χ0n) is 15.8. The number of halogens is 1. The number of carbonyl (C=O) groups excluding carboxylic acids is 2. The van der Waals surface area contributed by atoms with Crippen LogP contribution in [-0.4, -0.2) is 42.5 Å². The Hall–Kier alpha value is -2.53. The van der Waals surface area contributed by atoms with Crippen molar-refractivity contribution in [1.29, 1.82) is 0 Å². The van der Waals surface area contributed by atoms with Crippen molar-refractivity contribution in [2.75, 3.05) is 19.7 Å². The third kappa shape index (κ3) is 5.99. The van der Waals surface area contributed by atoms with Gasteiger partial charge in [0.1, 0.15) is 5.75 Å². The number of hydrogen-bond donors (Lipinski definition) is 1. The fourth-order valence-electron chi connectivity index (χ4n) is 3.27. The van der Waals surface area contributed by atoms with E-state index >= 15 is 0 Å². The number of benzene rings is 2. The fraction of sp³-hybridized carbons (Fsp3) is 0.364. The van der Waals surface area contributed by atoms with E-state index in [0.717, 1.165) is 18.6 Å². The van der Waals surface area contributed by atoms with E-state index in [4.69, 9.17) is 16.3 Å². The maximum absolute atomic E-state index is 12.5. The third-order valence-electron chi connectivity index (χ3n) is 4.78. The van der Waals surface area contributed by atoms with Gasteiger partial charge in [-0.15, -0.1) is 0 Å². The van der Waals surface area contributed by atoms with Crippen molar-refractivity contribution in [3.05, 3.63) is 65.2 Å². The number of piperidine rings is 1. The molecule has 1 saturated heterocycles. The summed E-state index contributed by atoms with van der Waals surface area (Å²) < 4.78 is 5.60. The monoisotopic (exact) mass is 400 g/mol. The van der Waals surface area contributed by atoms with Crippen LogP contribution in [0.25, 0.3) is 0 Å². The molecule has 1 N–H and O–H groups in total. The minimum Gasteiger partial charge on any atom is -0.494 e. The molecule has 3 rings (SSSR count). The predicted octanol–water partition coefficient (Wildman–Crippen LogP) is 3.92. The molecule has 2 aromatic rings. The SMILES string of the molecule is O=C(CCCOc1ccccc1)NC1CCN(C(=O)c2cccc(Cl)c2)CC1. The molecule has 6 heteroatoms. The molecule has 0 unspecified atom stereocenters. The van der Waals surface area contributed by atoms with Gasteiger partial charge in [-0.1, -0.05) is 35.9 Å².